The van der Waals surface area contributed by atoms with Gasteiger partial charge in [0.25, 0.3) is 0 Å². The van der Waals surface area contributed by atoms with Crippen molar-refractivity contribution >= 4 is 27.4 Å². The number of rotatable bonds is 6. The summed E-state index contributed by atoms with van der Waals surface area (Å²) < 4.78 is 61.7. The van der Waals surface area contributed by atoms with Gasteiger partial charge in [0, 0.05) is 12.0 Å². The molecule has 0 bridgehead atoms. The SMILES string of the molecule is C/[N+]([O-])=C/c1sc(S(=O)(=O)CCC(F)=C(F)F)nc1-c1ccccc1. The summed E-state index contributed by atoms with van der Waals surface area (Å²) in [6, 6.07) is 8.58. The summed E-state index contributed by atoms with van der Waals surface area (Å²) in [4.78, 5) is 4.34. The Morgan fingerprint density at radius 1 is 1.28 bits per heavy atom. The molecule has 0 spiro atoms. The highest BCUT2D eigenvalue weighted by Crippen LogP contribution is 2.30. The standard InChI is InChI=1S/C15H13F3N2O3S2/c1-20(21)9-12-13(10-5-3-2-4-6-10)19-15(24-12)25(22,23)8-7-11(16)14(17)18/h2-6,9H,7-8H2,1H3/b20-9-. The molecule has 5 nitrogen and oxygen atoms in total. The number of hydrogen-bond acceptors (Lipinski definition) is 5. The van der Waals surface area contributed by atoms with E-state index in [2.05, 4.69) is 4.98 Å². The van der Waals surface area contributed by atoms with Gasteiger partial charge in [0.2, 0.25) is 14.2 Å². The minimum atomic E-state index is -4.07. The molecule has 0 saturated carbocycles. The highest BCUT2D eigenvalue weighted by Gasteiger charge is 2.24. The summed E-state index contributed by atoms with van der Waals surface area (Å²) in [7, 11) is -2.85. The van der Waals surface area contributed by atoms with Gasteiger partial charge in [-0.25, -0.2) is 22.5 Å². The number of thiazole rings is 1. The topological polar surface area (TPSA) is 73.1 Å². The van der Waals surface area contributed by atoms with Gasteiger partial charge in [0.05, 0.1) is 11.4 Å². The van der Waals surface area contributed by atoms with E-state index in [1.54, 1.807) is 30.3 Å². The molecule has 25 heavy (non-hydrogen) atoms. The minimum Gasteiger partial charge on any atom is -0.624 e. The Balaban J connectivity index is 2.44. The van der Waals surface area contributed by atoms with Crippen LogP contribution in [0.2, 0.25) is 0 Å². The fourth-order valence-corrected chi connectivity index (χ4v) is 4.57. The first-order valence-electron chi connectivity index (χ1n) is 6.94. The van der Waals surface area contributed by atoms with Crippen LogP contribution in [-0.2, 0) is 9.84 Å². The maximum absolute atomic E-state index is 12.9. The lowest BCUT2D eigenvalue weighted by Crippen LogP contribution is -2.07. The number of hydroxylamine groups is 1. The van der Waals surface area contributed by atoms with Crippen LogP contribution < -0.4 is 0 Å². The molecule has 0 aliphatic heterocycles. The molecule has 1 heterocycles. The van der Waals surface area contributed by atoms with Crippen LogP contribution in [0.4, 0.5) is 13.2 Å². The Morgan fingerprint density at radius 2 is 1.92 bits per heavy atom. The molecular formula is C15H13F3N2O3S2. The molecule has 0 unspecified atom stereocenters. The van der Waals surface area contributed by atoms with Crippen LogP contribution in [0.25, 0.3) is 11.3 Å². The zero-order chi connectivity index (χ0) is 18.6. The number of aromatic nitrogens is 1. The highest BCUT2D eigenvalue weighted by atomic mass is 32.2. The lowest BCUT2D eigenvalue weighted by Gasteiger charge is -1.99. The first-order chi connectivity index (χ1) is 11.7. The van der Waals surface area contributed by atoms with Gasteiger partial charge in [0.15, 0.2) is 12.0 Å². The zero-order valence-electron chi connectivity index (χ0n) is 12.9. The number of allylic oxidation sites excluding steroid dienone is 1. The molecule has 0 radical (unpaired) electrons. The maximum atomic E-state index is 12.9. The van der Waals surface area contributed by atoms with Crippen LogP contribution in [0.1, 0.15) is 11.3 Å². The third-order valence-electron chi connectivity index (χ3n) is 3.04. The van der Waals surface area contributed by atoms with Crippen LogP contribution in [0.5, 0.6) is 0 Å². The van der Waals surface area contributed by atoms with Crippen LogP contribution in [0.3, 0.4) is 0 Å². The van der Waals surface area contributed by atoms with E-state index < -0.39 is 33.9 Å². The van der Waals surface area contributed by atoms with Crippen molar-refractivity contribution in [1.29, 1.82) is 0 Å². The number of halogens is 3. The summed E-state index contributed by atoms with van der Waals surface area (Å²) >= 11 is 0.727. The van der Waals surface area contributed by atoms with E-state index in [-0.39, 0.29) is 10.0 Å². The molecule has 0 atom stereocenters. The van der Waals surface area contributed by atoms with E-state index in [0.29, 0.717) is 15.2 Å². The van der Waals surface area contributed by atoms with Gasteiger partial charge in [-0.1, -0.05) is 41.7 Å². The van der Waals surface area contributed by atoms with Crippen molar-refractivity contribution in [3.05, 3.63) is 52.3 Å². The molecule has 1 aromatic heterocycles. The predicted molar refractivity (Wildman–Crippen MR) is 89.3 cm³/mol. The molecule has 0 aliphatic rings. The smallest absolute Gasteiger partial charge is 0.301 e. The van der Waals surface area contributed by atoms with Gasteiger partial charge in [-0.2, -0.15) is 8.78 Å². The highest BCUT2D eigenvalue weighted by molar-refractivity contribution is 7.93. The van der Waals surface area contributed by atoms with Crippen molar-refractivity contribution in [1.82, 2.24) is 4.98 Å². The van der Waals surface area contributed by atoms with Crippen LogP contribution >= 0.6 is 11.3 Å². The molecule has 2 aromatic rings. The van der Waals surface area contributed by atoms with Gasteiger partial charge in [0.1, 0.15) is 11.9 Å². The van der Waals surface area contributed by atoms with Gasteiger partial charge in [-0.15, -0.1) is 0 Å². The number of benzene rings is 1. The van der Waals surface area contributed by atoms with Gasteiger partial charge in [-0.3, -0.25) is 0 Å². The molecule has 0 amide bonds. The fraction of sp³-hybridized carbons (Fsp3) is 0.200. The lowest BCUT2D eigenvalue weighted by molar-refractivity contribution is -0.416. The van der Waals surface area contributed by atoms with Gasteiger partial charge >= 0.3 is 6.08 Å². The summed E-state index contributed by atoms with van der Waals surface area (Å²) in [5.74, 6) is -2.61. The van der Waals surface area contributed by atoms with E-state index in [9.17, 15) is 26.8 Å². The average Bonchev–Trinajstić information content (AvgIpc) is 2.97. The fourth-order valence-electron chi connectivity index (χ4n) is 1.91. The van der Waals surface area contributed by atoms with Crippen LogP contribution in [0, 0.1) is 5.21 Å². The van der Waals surface area contributed by atoms with Crippen LogP contribution in [-0.4, -0.2) is 37.2 Å². The lowest BCUT2D eigenvalue weighted by atomic mass is 10.1. The second-order valence-electron chi connectivity index (χ2n) is 4.97. The van der Waals surface area contributed by atoms with Crippen molar-refractivity contribution in [3.8, 4) is 11.3 Å². The molecule has 0 aliphatic carbocycles. The third-order valence-corrected chi connectivity index (χ3v) is 6.20. The van der Waals surface area contributed by atoms with Crippen molar-refractivity contribution in [2.24, 2.45) is 0 Å². The average molecular weight is 390 g/mol. The second kappa shape index (κ2) is 7.79. The largest absolute Gasteiger partial charge is 0.624 e. The number of nitrogens with zero attached hydrogens (tertiary/aromatic N) is 2. The Bertz CT molecular complexity index is 915. The predicted octanol–water partition coefficient (Wildman–Crippen LogP) is 3.61. The van der Waals surface area contributed by atoms with Crippen molar-refractivity contribution < 1.29 is 26.3 Å². The maximum Gasteiger partial charge on any atom is 0.301 e. The molecular weight excluding hydrogens is 377 g/mol. The Labute approximate surface area is 146 Å². The molecule has 0 fully saturated rings. The van der Waals surface area contributed by atoms with Crippen LogP contribution in [0.15, 0.2) is 46.6 Å². The van der Waals surface area contributed by atoms with E-state index >= 15 is 0 Å². The first kappa shape index (κ1) is 19.1. The minimum absolute atomic E-state index is 0.277. The van der Waals surface area contributed by atoms with Crippen molar-refractivity contribution in [3.63, 3.8) is 0 Å². The molecule has 0 N–H and O–H groups in total. The Morgan fingerprint density at radius 3 is 2.48 bits per heavy atom. The molecule has 10 heteroatoms. The third kappa shape index (κ3) is 4.89. The molecule has 134 valence electrons. The van der Waals surface area contributed by atoms with E-state index in [0.717, 1.165) is 11.3 Å². The molecule has 0 saturated heterocycles. The zero-order valence-corrected chi connectivity index (χ0v) is 14.6. The number of hydrogen-bond donors (Lipinski definition) is 0. The Kier molecular flexibility index (Phi) is 5.96. The van der Waals surface area contributed by atoms with Crippen molar-refractivity contribution in [2.45, 2.75) is 10.8 Å². The summed E-state index contributed by atoms with van der Waals surface area (Å²) in [5, 5.41) is 11.3. The normalized spacial score (nSPS) is 12.2. The van der Waals surface area contributed by atoms with E-state index in [1.807, 2.05) is 0 Å². The van der Waals surface area contributed by atoms with Crippen molar-refractivity contribution in [2.75, 3.05) is 12.8 Å². The second-order valence-corrected chi connectivity index (χ2v) is 8.28. The van der Waals surface area contributed by atoms with E-state index in [1.165, 1.54) is 13.3 Å². The Hall–Kier alpha value is -2.20. The van der Waals surface area contributed by atoms with Gasteiger partial charge < -0.3 is 5.21 Å². The first-order valence-corrected chi connectivity index (χ1v) is 9.41. The molecule has 1 aromatic carbocycles. The summed E-state index contributed by atoms with van der Waals surface area (Å²) in [6.07, 6.45) is -2.31. The monoisotopic (exact) mass is 390 g/mol. The quantitative estimate of drug-likeness (QED) is 0.327. The number of sulfone groups is 1. The summed E-state index contributed by atoms with van der Waals surface area (Å²) in [6.45, 7) is 0. The summed E-state index contributed by atoms with van der Waals surface area (Å²) in [5.41, 5.74) is 0.869. The van der Waals surface area contributed by atoms with E-state index in [4.69, 9.17) is 0 Å². The van der Waals surface area contributed by atoms with Gasteiger partial charge in [-0.05, 0) is 0 Å². The molecule has 2 rings (SSSR count).